The lowest BCUT2D eigenvalue weighted by molar-refractivity contribution is 0.580. The molecule has 3 nitrogen and oxygen atoms in total. The smallest absolute Gasteiger partial charge is 0.0662 e. The lowest BCUT2D eigenvalue weighted by atomic mass is 10.1. The third-order valence-corrected chi connectivity index (χ3v) is 3.40. The maximum atomic E-state index is 4.58. The molecule has 0 unspecified atom stereocenters. The molecule has 0 fully saturated rings. The molecule has 20 heavy (non-hydrogen) atoms. The zero-order chi connectivity index (χ0) is 14.4. The highest BCUT2D eigenvalue weighted by molar-refractivity contribution is 5.21. The lowest BCUT2D eigenvalue weighted by Gasteiger charge is -2.11. The summed E-state index contributed by atoms with van der Waals surface area (Å²) in [5.41, 5.74) is 4.00. The van der Waals surface area contributed by atoms with E-state index in [0.29, 0.717) is 6.04 Å². The number of aromatic nitrogens is 2. The van der Waals surface area contributed by atoms with E-state index in [2.05, 4.69) is 66.2 Å². The Kier molecular flexibility index (Phi) is 5.36. The molecule has 0 aliphatic rings. The second kappa shape index (κ2) is 7.25. The van der Waals surface area contributed by atoms with Crippen molar-refractivity contribution in [2.24, 2.45) is 0 Å². The van der Waals surface area contributed by atoms with Crippen LogP contribution in [-0.2, 0) is 19.5 Å². The third kappa shape index (κ3) is 3.94. The molecular weight excluding hydrogens is 246 g/mol. The molecule has 0 amide bonds. The fourth-order valence-electron chi connectivity index (χ4n) is 2.33. The molecule has 0 spiro atoms. The number of hydrogen-bond donors (Lipinski definition) is 1. The van der Waals surface area contributed by atoms with Gasteiger partial charge in [0.05, 0.1) is 12.7 Å². The van der Waals surface area contributed by atoms with Crippen LogP contribution in [0.2, 0.25) is 0 Å². The molecule has 0 aliphatic carbocycles. The molecule has 1 N–H and O–H groups in total. The predicted molar refractivity (Wildman–Crippen MR) is 83.7 cm³/mol. The molecule has 2 rings (SSSR count). The number of nitrogens with zero attached hydrogens (tertiary/aromatic N) is 2. The monoisotopic (exact) mass is 271 g/mol. The van der Waals surface area contributed by atoms with Crippen molar-refractivity contribution in [2.75, 3.05) is 0 Å². The lowest BCUT2D eigenvalue weighted by Crippen LogP contribution is -2.22. The van der Waals surface area contributed by atoms with Crippen LogP contribution < -0.4 is 5.32 Å². The minimum Gasteiger partial charge on any atom is -0.310 e. The van der Waals surface area contributed by atoms with Crippen LogP contribution in [0.5, 0.6) is 0 Å². The fraction of sp³-hybridized carbons (Fsp3) is 0.471. The van der Waals surface area contributed by atoms with Crippen LogP contribution in [0.4, 0.5) is 0 Å². The second-order valence-electron chi connectivity index (χ2n) is 5.55. The van der Waals surface area contributed by atoms with Gasteiger partial charge in [-0.3, -0.25) is 4.68 Å². The highest BCUT2D eigenvalue weighted by Crippen LogP contribution is 2.13. The van der Waals surface area contributed by atoms with Crippen molar-refractivity contribution in [1.82, 2.24) is 15.1 Å². The highest BCUT2D eigenvalue weighted by atomic mass is 15.3. The van der Waals surface area contributed by atoms with Gasteiger partial charge in [-0.05, 0) is 12.0 Å². The third-order valence-electron chi connectivity index (χ3n) is 3.40. The van der Waals surface area contributed by atoms with Crippen molar-refractivity contribution in [3.05, 3.63) is 53.3 Å². The van der Waals surface area contributed by atoms with E-state index in [9.17, 15) is 0 Å². The molecule has 1 aromatic heterocycles. The summed E-state index contributed by atoms with van der Waals surface area (Å²) in [6, 6.07) is 11.0. The predicted octanol–water partition coefficient (Wildman–Crippen LogP) is 3.38. The zero-order valence-corrected chi connectivity index (χ0v) is 12.8. The van der Waals surface area contributed by atoms with Gasteiger partial charge in [0.25, 0.3) is 0 Å². The average molecular weight is 271 g/mol. The summed E-state index contributed by atoms with van der Waals surface area (Å²) < 4.78 is 2.15. The van der Waals surface area contributed by atoms with Crippen molar-refractivity contribution in [2.45, 2.75) is 52.7 Å². The molecule has 2 aromatic rings. The van der Waals surface area contributed by atoms with Crippen LogP contribution in [0.1, 0.15) is 44.0 Å². The molecule has 0 atom stereocenters. The molecule has 0 saturated carbocycles. The van der Waals surface area contributed by atoms with Gasteiger partial charge in [0.2, 0.25) is 0 Å². The van der Waals surface area contributed by atoms with Crippen LogP contribution in [0, 0.1) is 0 Å². The van der Waals surface area contributed by atoms with Crippen LogP contribution in [0.3, 0.4) is 0 Å². The van der Waals surface area contributed by atoms with Gasteiger partial charge >= 0.3 is 0 Å². The van der Waals surface area contributed by atoms with Crippen LogP contribution >= 0.6 is 0 Å². The van der Waals surface area contributed by atoms with E-state index in [1.54, 1.807) is 0 Å². The maximum absolute atomic E-state index is 4.58. The van der Waals surface area contributed by atoms with Crippen molar-refractivity contribution in [1.29, 1.82) is 0 Å². The summed E-state index contributed by atoms with van der Waals surface area (Å²) in [5, 5.41) is 8.07. The Labute approximate surface area is 122 Å². The Morgan fingerprint density at radius 2 is 1.95 bits per heavy atom. The van der Waals surface area contributed by atoms with Crippen LogP contribution in [-0.4, -0.2) is 15.8 Å². The molecule has 0 radical (unpaired) electrons. The van der Waals surface area contributed by atoms with Crippen molar-refractivity contribution in [3.8, 4) is 0 Å². The standard InChI is InChI=1S/C17H25N3/c1-4-8-17-16(11-18-14(2)3)12-19-20(17)13-15-9-6-5-7-10-15/h5-7,9-10,12,14,18H,4,8,11,13H2,1-3H3. The molecule has 108 valence electrons. The number of benzene rings is 1. The minimum absolute atomic E-state index is 0.502. The highest BCUT2D eigenvalue weighted by Gasteiger charge is 2.10. The molecule has 0 bridgehead atoms. The summed E-state index contributed by atoms with van der Waals surface area (Å²) >= 11 is 0. The van der Waals surface area contributed by atoms with E-state index in [1.807, 2.05) is 6.20 Å². The topological polar surface area (TPSA) is 29.9 Å². The number of hydrogen-bond acceptors (Lipinski definition) is 2. The SMILES string of the molecule is CCCc1c(CNC(C)C)cnn1Cc1ccccc1. The largest absolute Gasteiger partial charge is 0.310 e. The van der Waals surface area contributed by atoms with Gasteiger partial charge in [0.1, 0.15) is 0 Å². The first-order valence-electron chi connectivity index (χ1n) is 7.51. The first kappa shape index (κ1) is 14.8. The number of nitrogens with one attached hydrogen (secondary N) is 1. The summed E-state index contributed by atoms with van der Waals surface area (Å²) in [4.78, 5) is 0. The second-order valence-corrected chi connectivity index (χ2v) is 5.55. The molecule has 0 saturated heterocycles. The molecule has 0 aliphatic heterocycles. The first-order chi connectivity index (χ1) is 9.70. The van der Waals surface area contributed by atoms with E-state index in [1.165, 1.54) is 16.8 Å². The average Bonchev–Trinajstić information content (AvgIpc) is 2.81. The Bertz CT molecular complexity index is 514. The van der Waals surface area contributed by atoms with E-state index >= 15 is 0 Å². The van der Waals surface area contributed by atoms with Gasteiger partial charge < -0.3 is 5.32 Å². The van der Waals surface area contributed by atoms with E-state index in [4.69, 9.17) is 0 Å². The summed E-state index contributed by atoms with van der Waals surface area (Å²) in [7, 11) is 0. The van der Waals surface area contributed by atoms with Crippen molar-refractivity contribution < 1.29 is 0 Å². The van der Waals surface area contributed by atoms with Gasteiger partial charge in [-0.25, -0.2) is 0 Å². The maximum Gasteiger partial charge on any atom is 0.0662 e. The Hall–Kier alpha value is -1.61. The minimum atomic E-state index is 0.502. The molecule has 1 heterocycles. The van der Waals surface area contributed by atoms with Gasteiger partial charge in [0.15, 0.2) is 0 Å². The molecule has 3 heteroatoms. The summed E-state index contributed by atoms with van der Waals surface area (Å²) in [6.07, 6.45) is 4.25. The Morgan fingerprint density at radius 3 is 2.60 bits per heavy atom. The van der Waals surface area contributed by atoms with Crippen LogP contribution in [0.15, 0.2) is 36.5 Å². The fourth-order valence-corrected chi connectivity index (χ4v) is 2.33. The number of rotatable bonds is 7. The van der Waals surface area contributed by atoms with Gasteiger partial charge in [-0.2, -0.15) is 5.10 Å². The van der Waals surface area contributed by atoms with E-state index < -0.39 is 0 Å². The summed E-state index contributed by atoms with van der Waals surface area (Å²) in [6.45, 7) is 8.33. The van der Waals surface area contributed by atoms with Crippen LogP contribution in [0.25, 0.3) is 0 Å². The molecule has 1 aromatic carbocycles. The Morgan fingerprint density at radius 1 is 1.20 bits per heavy atom. The van der Waals surface area contributed by atoms with Gasteiger partial charge in [0, 0.05) is 23.8 Å². The van der Waals surface area contributed by atoms with Gasteiger partial charge in [-0.15, -0.1) is 0 Å². The van der Waals surface area contributed by atoms with Gasteiger partial charge in [-0.1, -0.05) is 57.5 Å². The quantitative estimate of drug-likeness (QED) is 0.836. The summed E-state index contributed by atoms with van der Waals surface area (Å²) in [5.74, 6) is 0. The molecular formula is C17H25N3. The zero-order valence-electron chi connectivity index (χ0n) is 12.8. The van der Waals surface area contributed by atoms with Crippen molar-refractivity contribution >= 4 is 0 Å². The van der Waals surface area contributed by atoms with E-state index in [-0.39, 0.29) is 0 Å². The first-order valence-corrected chi connectivity index (χ1v) is 7.51. The van der Waals surface area contributed by atoms with E-state index in [0.717, 1.165) is 25.9 Å². The Balaban J connectivity index is 2.15. The normalized spacial score (nSPS) is 11.2. The van der Waals surface area contributed by atoms with Crippen molar-refractivity contribution in [3.63, 3.8) is 0 Å².